The maximum atomic E-state index is 12.9. The standard InChI is InChI=1S/C21H20N2O4S.Na/c1-21(2)16(20(26)27)23-18(25)15(19(23)28-21)22-17(24)14-11-7-6-10-13(14)12-8-4-3-5-9-12;/h3-11,15-16,19H,1-2H3,(H,22,24)(H,26,27);/q;+1. The minimum absolute atomic E-state index is 0. The summed E-state index contributed by atoms with van der Waals surface area (Å²) in [5, 5.41) is 12.0. The monoisotopic (exact) mass is 419 g/mol. The van der Waals surface area contributed by atoms with Crippen LogP contribution in [0, 0.1) is 0 Å². The third kappa shape index (κ3) is 3.72. The topological polar surface area (TPSA) is 86.7 Å². The zero-order chi connectivity index (χ0) is 20.1. The Kier molecular flexibility index (Phi) is 6.15. The summed E-state index contributed by atoms with van der Waals surface area (Å²) >= 11 is 1.41. The molecule has 2 aromatic rings. The molecule has 29 heavy (non-hydrogen) atoms. The summed E-state index contributed by atoms with van der Waals surface area (Å²) in [6, 6.07) is 15.2. The number of fused-ring (bicyclic) bond motifs is 1. The summed E-state index contributed by atoms with van der Waals surface area (Å²) in [6.07, 6.45) is 0. The quantitative estimate of drug-likeness (QED) is 0.521. The zero-order valence-electron chi connectivity index (χ0n) is 16.5. The van der Waals surface area contributed by atoms with E-state index in [0.29, 0.717) is 5.56 Å². The van der Waals surface area contributed by atoms with Gasteiger partial charge in [0.15, 0.2) is 0 Å². The molecule has 2 amide bonds. The van der Waals surface area contributed by atoms with Crippen LogP contribution in [0.5, 0.6) is 0 Å². The van der Waals surface area contributed by atoms with Crippen LogP contribution in [0.4, 0.5) is 0 Å². The van der Waals surface area contributed by atoms with Crippen LogP contribution in [0.2, 0.25) is 0 Å². The maximum absolute atomic E-state index is 12.9. The van der Waals surface area contributed by atoms with Crippen LogP contribution < -0.4 is 34.9 Å². The Morgan fingerprint density at radius 3 is 2.34 bits per heavy atom. The molecule has 2 fully saturated rings. The Balaban J connectivity index is 0.00000240. The van der Waals surface area contributed by atoms with Gasteiger partial charge in [-0.25, -0.2) is 4.79 Å². The second-order valence-electron chi connectivity index (χ2n) is 7.46. The molecule has 8 heteroatoms. The van der Waals surface area contributed by atoms with Crippen molar-refractivity contribution in [3.8, 4) is 11.1 Å². The first kappa shape index (κ1) is 21.9. The third-order valence-corrected chi connectivity index (χ3v) is 6.79. The van der Waals surface area contributed by atoms with Crippen molar-refractivity contribution in [2.75, 3.05) is 0 Å². The second-order valence-corrected chi connectivity index (χ2v) is 9.23. The van der Waals surface area contributed by atoms with Gasteiger partial charge < -0.3 is 15.3 Å². The van der Waals surface area contributed by atoms with E-state index in [2.05, 4.69) is 5.32 Å². The Bertz CT molecular complexity index is 966. The average molecular weight is 419 g/mol. The van der Waals surface area contributed by atoms with E-state index in [1.165, 1.54) is 16.7 Å². The normalized spacial score (nSPS) is 24.1. The van der Waals surface area contributed by atoms with E-state index in [9.17, 15) is 19.5 Å². The number of nitrogens with one attached hydrogen (secondary N) is 1. The fraction of sp³-hybridized carbons (Fsp3) is 0.286. The van der Waals surface area contributed by atoms with E-state index in [4.69, 9.17) is 0 Å². The molecule has 3 unspecified atom stereocenters. The predicted octanol–water partition coefficient (Wildman–Crippen LogP) is -0.397. The van der Waals surface area contributed by atoms with Crippen LogP contribution in [0.3, 0.4) is 0 Å². The summed E-state index contributed by atoms with van der Waals surface area (Å²) in [5.41, 5.74) is 2.18. The van der Waals surface area contributed by atoms with Crippen LogP contribution in [-0.2, 0) is 9.59 Å². The van der Waals surface area contributed by atoms with Gasteiger partial charge >= 0.3 is 35.5 Å². The molecule has 3 atom stereocenters. The molecule has 2 aromatic carbocycles. The summed E-state index contributed by atoms with van der Waals surface area (Å²) in [7, 11) is 0. The van der Waals surface area contributed by atoms with Gasteiger partial charge in [-0.2, -0.15) is 0 Å². The number of carboxylic acid groups (broad SMARTS) is 1. The molecular formula is C21H20N2NaO4S+. The molecule has 0 spiro atoms. The van der Waals surface area contributed by atoms with Crippen LogP contribution in [-0.4, -0.2) is 50.0 Å². The van der Waals surface area contributed by atoms with E-state index >= 15 is 0 Å². The van der Waals surface area contributed by atoms with Crippen molar-refractivity contribution in [3.63, 3.8) is 0 Å². The van der Waals surface area contributed by atoms with E-state index < -0.39 is 22.8 Å². The fourth-order valence-corrected chi connectivity index (χ4v) is 5.54. The smallest absolute Gasteiger partial charge is 0.480 e. The molecular weight excluding hydrogens is 399 g/mol. The van der Waals surface area contributed by atoms with Crippen molar-refractivity contribution >= 4 is 29.5 Å². The first-order valence-electron chi connectivity index (χ1n) is 8.99. The number of rotatable bonds is 4. The Morgan fingerprint density at radius 1 is 1.07 bits per heavy atom. The largest absolute Gasteiger partial charge is 1.00 e. The van der Waals surface area contributed by atoms with Gasteiger partial charge in [0.25, 0.3) is 5.91 Å². The van der Waals surface area contributed by atoms with Gasteiger partial charge in [0.2, 0.25) is 5.91 Å². The van der Waals surface area contributed by atoms with Crippen LogP contribution in [0.25, 0.3) is 11.1 Å². The average Bonchev–Trinajstić information content (AvgIpc) is 2.94. The molecule has 2 saturated heterocycles. The van der Waals surface area contributed by atoms with Crippen molar-refractivity contribution < 1.29 is 49.0 Å². The first-order valence-corrected chi connectivity index (χ1v) is 9.87. The number of aliphatic carboxylic acids is 1. The van der Waals surface area contributed by atoms with Crippen LogP contribution in [0.15, 0.2) is 54.6 Å². The van der Waals surface area contributed by atoms with Crippen molar-refractivity contribution in [3.05, 3.63) is 60.2 Å². The molecule has 0 saturated carbocycles. The number of carbonyl (C=O) groups is 3. The van der Waals surface area contributed by atoms with Crippen LogP contribution in [0.1, 0.15) is 24.2 Å². The molecule has 0 bridgehead atoms. The predicted molar refractivity (Wildman–Crippen MR) is 107 cm³/mol. The van der Waals surface area contributed by atoms with E-state index in [1.807, 2.05) is 56.3 Å². The number of thioether (sulfide) groups is 1. The molecule has 0 aliphatic carbocycles. The molecule has 2 aliphatic heterocycles. The maximum Gasteiger partial charge on any atom is 1.00 e. The van der Waals surface area contributed by atoms with Gasteiger partial charge in [0.1, 0.15) is 17.5 Å². The summed E-state index contributed by atoms with van der Waals surface area (Å²) in [6.45, 7) is 3.62. The number of hydrogen-bond donors (Lipinski definition) is 2. The van der Waals surface area contributed by atoms with Crippen LogP contribution >= 0.6 is 11.8 Å². The Hall–Kier alpha value is -1.80. The number of carboxylic acids is 1. The second kappa shape index (κ2) is 8.14. The number of amides is 2. The number of nitrogens with zero attached hydrogens (tertiary/aromatic N) is 1. The van der Waals surface area contributed by atoms with Gasteiger partial charge in [-0.1, -0.05) is 48.5 Å². The number of carbonyl (C=O) groups excluding carboxylic acids is 2. The zero-order valence-corrected chi connectivity index (χ0v) is 19.3. The molecule has 2 aliphatic rings. The molecule has 0 aromatic heterocycles. The number of hydrogen-bond acceptors (Lipinski definition) is 4. The van der Waals surface area contributed by atoms with Crippen molar-refractivity contribution in [2.24, 2.45) is 0 Å². The van der Waals surface area contributed by atoms with Crippen molar-refractivity contribution in [2.45, 2.75) is 36.1 Å². The molecule has 2 heterocycles. The van der Waals surface area contributed by atoms with Gasteiger partial charge in [0, 0.05) is 10.3 Å². The minimum atomic E-state index is -1.02. The SMILES string of the molecule is CC1(C)SC2C(NC(=O)c3ccccc3-c3ccccc3)C(=O)N2C1C(=O)O.[Na+]. The Morgan fingerprint density at radius 2 is 1.69 bits per heavy atom. The van der Waals surface area contributed by atoms with Gasteiger partial charge in [-0.3, -0.25) is 9.59 Å². The molecule has 0 radical (unpaired) electrons. The van der Waals surface area contributed by atoms with Gasteiger partial charge in [0.05, 0.1) is 0 Å². The fourth-order valence-electron chi connectivity index (χ4n) is 3.91. The Labute approximate surface area is 195 Å². The van der Waals surface area contributed by atoms with Gasteiger partial charge in [-0.05, 0) is 31.0 Å². The molecule has 6 nitrogen and oxygen atoms in total. The molecule has 2 N–H and O–H groups in total. The van der Waals surface area contributed by atoms with Crippen molar-refractivity contribution in [1.82, 2.24) is 10.2 Å². The summed E-state index contributed by atoms with van der Waals surface area (Å²) in [4.78, 5) is 38.5. The van der Waals surface area contributed by atoms with E-state index in [1.54, 1.807) is 12.1 Å². The first-order chi connectivity index (χ1) is 13.3. The summed E-state index contributed by atoms with van der Waals surface area (Å²) in [5.74, 6) is -1.71. The third-order valence-electron chi connectivity index (χ3n) is 5.22. The van der Waals surface area contributed by atoms with Gasteiger partial charge in [-0.15, -0.1) is 11.8 Å². The molecule has 4 rings (SSSR count). The summed E-state index contributed by atoms with van der Waals surface area (Å²) < 4.78 is -0.617. The number of benzene rings is 2. The van der Waals surface area contributed by atoms with E-state index in [-0.39, 0.29) is 46.7 Å². The number of β-lactam (4-membered cyclic amide) rings is 1. The van der Waals surface area contributed by atoms with E-state index in [0.717, 1.165) is 11.1 Å². The minimum Gasteiger partial charge on any atom is -0.480 e. The van der Waals surface area contributed by atoms with Crippen molar-refractivity contribution in [1.29, 1.82) is 0 Å². The molecule has 144 valence electrons.